The highest BCUT2D eigenvalue weighted by Gasteiger charge is 2.16. The van der Waals surface area contributed by atoms with E-state index in [1.54, 1.807) is 16.5 Å². The van der Waals surface area contributed by atoms with Gasteiger partial charge in [-0.15, -0.1) is 0 Å². The number of amides is 1. The fourth-order valence-electron chi connectivity index (χ4n) is 2.71. The van der Waals surface area contributed by atoms with Crippen molar-refractivity contribution in [3.8, 4) is 0 Å². The van der Waals surface area contributed by atoms with Crippen LogP contribution in [-0.2, 0) is 0 Å². The number of aryl methyl sites for hydroxylation is 2. The van der Waals surface area contributed by atoms with Crippen LogP contribution in [0.2, 0.25) is 0 Å². The zero-order chi connectivity index (χ0) is 18.7. The largest absolute Gasteiger partial charge is 0.383 e. The van der Waals surface area contributed by atoms with E-state index in [1.807, 2.05) is 32.2 Å². The summed E-state index contributed by atoms with van der Waals surface area (Å²) in [5.41, 5.74) is 3.79. The quantitative estimate of drug-likeness (QED) is 0.403. The molecule has 3 rings (SSSR count). The van der Waals surface area contributed by atoms with Crippen molar-refractivity contribution >= 4 is 22.9 Å². The van der Waals surface area contributed by atoms with Gasteiger partial charge in [-0.25, -0.2) is 4.98 Å². The van der Waals surface area contributed by atoms with Gasteiger partial charge < -0.3 is 10.6 Å². The average Bonchev–Trinajstić information content (AvgIpc) is 2.94. The molecule has 0 fully saturated rings. The number of pyridine rings is 1. The molecule has 1 amide bonds. The zero-order valence-corrected chi connectivity index (χ0v) is 14.5. The van der Waals surface area contributed by atoms with Crippen LogP contribution in [0.1, 0.15) is 21.7 Å². The van der Waals surface area contributed by atoms with E-state index >= 15 is 0 Å². The number of rotatable bonds is 6. The monoisotopic (exact) mass is 353 g/mol. The second-order valence-electron chi connectivity index (χ2n) is 5.97. The number of carbonyl (C=O) groups is 1. The molecule has 8 heteroatoms. The molecule has 0 aliphatic heterocycles. The summed E-state index contributed by atoms with van der Waals surface area (Å²) in [5.74, 6) is -0.189. The van der Waals surface area contributed by atoms with Crippen LogP contribution in [-0.4, -0.2) is 33.3 Å². The fourth-order valence-corrected chi connectivity index (χ4v) is 2.71. The number of aromatic nitrogens is 2. The summed E-state index contributed by atoms with van der Waals surface area (Å²) in [6, 6.07) is 9.98. The summed E-state index contributed by atoms with van der Waals surface area (Å²) in [6.07, 6.45) is 1.89. The second-order valence-corrected chi connectivity index (χ2v) is 5.97. The Morgan fingerprint density at radius 3 is 2.58 bits per heavy atom. The molecular weight excluding hydrogens is 334 g/mol. The summed E-state index contributed by atoms with van der Waals surface area (Å²) >= 11 is 0. The van der Waals surface area contributed by atoms with Gasteiger partial charge in [-0.3, -0.25) is 19.3 Å². The van der Waals surface area contributed by atoms with Gasteiger partial charge in [0, 0.05) is 37.1 Å². The molecule has 0 spiro atoms. The topological polar surface area (TPSA) is 102 Å². The highest BCUT2D eigenvalue weighted by molar-refractivity contribution is 5.94. The molecule has 0 saturated carbocycles. The number of imidazole rings is 1. The summed E-state index contributed by atoms with van der Waals surface area (Å²) in [5, 5.41) is 16.6. The van der Waals surface area contributed by atoms with Crippen LogP contribution in [0.15, 0.2) is 42.6 Å². The van der Waals surface area contributed by atoms with Crippen LogP contribution in [0.3, 0.4) is 0 Å². The Balaban J connectivity index is 1.58. The first-order valence-electron chi connectivity index (χ1n) is 8.17. The van der Waals surface area contributed by atoms with E-state index in [9.17, 15) is 14.9 Å². The molecule has 0 radical (unpaired) electrons. The second kappa shape index (κ2) is 7.22. The maximum atomic E-state index is 12.5. The Labute approximate surface area is 150 Å². The van der Waals surface area contributed by atoms with Gasteiger partial charge in [0.15, 0.2) is 0 Å². The van der Waals surface area contributed by atoms with E-state index in [0.717, 1.165) is 16.9 Å². The maximum Gasteiger partial charge on any atom is 0.270 e. The number of nitrogens with one attached hydrogen (secondary N) is 2. The molecule has 0 atom stereocenters. The molecule has 0 aliphatic rings. The van der Waals surface area contributed by atoms with Crippen LogP contribution in [0.25, 0.3) is 5.65 Å². The first kappa shape index (κ1) is 17.4. The number of carbonyl (C=O) groups excluding carboxylic acids is 1. The number of benzene rings is 1. The predicted molar refractivity (Wildman–Crippen MR) is 98.6 cm³/mol. The van der Waals surface area contributed by atoms with Gasteiger partial charge in [-0.1, -0.05) is 6.07 Å². The highest BCUT2D eigenvalue weighted by Crippen LogP contribution is 2.15. The lowest BCUT2D eigenvalue weighted by atomic mass is 10.3. The molecule has 0 aliphatic carbocycles. The standard InChI is InChI=1S/C18H19N5O3/c1-12-3-8-16-21-13(2)17(22(16)11-12)18(24)20-10-9-19-14-4-6-15(7-5-14)23(25)26/h3-8,11,19H,9-10H2,1-2H3,(H,20,24). The van der Waals surface area contributed by atoms with Gasteiger partial charge in [-0.2, -0.15) is 0 Å². The average molecular weight is 353 g/mol. The number of hydrogen-bond donors (Lipinski definition) is 2. The van der Waals surface area contributed by atoms with Crippen molar-refractivity contribution in [3.63, 3.8) is 0 Å². The molecule has 8 nitrogen and oxygen atoms in total. The molecule has 2 heterocycles. The minimum atomic E-state index is -0.441. The maximum absolute atomic E-state index is 12.5. The van der Waals surface area contributed by atoms with E-state index in [4.69, 9.17) is 0 Å². The molecule has 0 saturated heterocycles. The normalized spacial score (nSPS) is 10.7. The molecule has 2 N–H and O–H groups in total. The molecule has 0 bridgehead atoms. The van der Waals surface area contributed by atoms with Crippen LogP contribution < -0.4 is 10.6 Å². The Morgan fingerprint density at radius 1 is 1.15 bits per heavy atom. The third-order valence-electron chi connectivity index (χ3n) is 3.97. The van der Waals surface area contributed by atoms with E-state index in [2.05, 4.69) is 15.6 Å². The number of fused-ring (bicyclic) bond motifs is 1. The van der Waals surface area contributed by atoms with Gasteiger partial charge in [0.2, 0.25) is 0 Å². The molecule has 0 unspecified atom stereocenters. The Kier molecular flexibility index (Phi) is 4.83. The lowest BCUT2D eigenvalue weighted by Gasteiger charge is -2.08. The number of hydrogen-bond acceptors (Lipinski definition) is 5. The summed E-state index contributed by atoms with van der Waals surface area (Å²) in [6.45, 7) is 4.68. The molecular formula is C18H19N5O3. The van der Waals surface area contributed by atoms with Crippen molar-refractivity contribution in [3.05, 3.63) is 69.7 Å². The van der Waals surface area contributed by atoms with E-state index in [0.29, 0.717) is 24.5 Å². The van der Waals surface area contributed by atoms with Crippen molar-refractivity contribution in [2.45, 2.75) is 13.8 Å². The van der Waals surface area contributed by atoms with Gasteiger partial charge in [-0.05, 0) is 37.6 Å². The SMILES string of the molecule is Cc1ccc2nc(C)c(C(=O)NCCNc3ccc([N+](=O)[O-])cc3)n2c1. The van der Waals surface area contributed by atoms with Crippen molar-refractivity contribution in [2.75, 3.05) is 18.4 Å². The number of nitro groups is 1. The summed E-state index contributed by atoms with van der Waals surface area (Å²) in [4.78, 5) is 27.1. The summed E-state index contributed by atoms with van der Waals surface area (Å²) < 4.78 is 1.80. The molecule has 1 aromatic carbocycles. The van der Waals surface area contributed by atoms with Gasteiger partial charge >= 0.3 is 0 Å². The number of anilines is 1. The van der Waals surface area contributed by atoms with E-state index in [-0.39, 0.29) is 11.6 Å². The number of non-ortho nitro benzene ring substituents is 1. The summed E-state index contributed by atoms with van der Waals surface area (Å²) in [7, 11) is 0. The number of nitro benzene ring substituents is 1. The lowest BCUT2D eigenvalue weighted by Crippen LogP contribution is -2.30. The smallest absolute Gasteiger partial charge is 0.270 e. The van der Waals surface area contributed by atoms with E-state index < -0.39 is 4.92 Å². The third kappa shape index (κ3) is 3.64. The molecule has 134 valence electrons. The number of nitrogens with zero attached hydrogens (tertiary/aromatic N) is 3. The minimum absolute atomic E-state index is 0.0437. The lowest BCUT2D eigenvalue weighted by molar-refractivity contribution is -0.384. The van der Waals surface area contributed by atoms with Gasteiger partial charge in [0.05, 0.1) is 10.6 Å². The van der Waals surface area contributed by atoms with Crippen molar-refractivity contribution < 1.29 is 9.72 Å². The Morgan fingerprint density at radius 2 is 1.88 bits per heavy atom. The highest BCUT2D eigenvalue weighted by atomic mass is 16.6. The molecule has 3 aromatic rings. The minimum Gasteiger partial charge on any atom is -0.383 e. The van der Waals surface area contributed by atoms with E-state index in [1.165, 1.54) is 12.1 Å². The Bertz CT molecular complexity index is 963. The van der Waals surface area contributed by atoms with Crippen LogP contribution in [0.4, 0.5) is 11.4 Å². The molecule has 2 aromatic heterocycles. The Hall–Kier alpha value is -3.42. The van der Waals surface area contributed by atoms with Crippen molar-refractivity contribution in [1.29, 1.82) is 0 Å². The first-order chi connectivity index (χ1) is 12.5. The molecule has 26 heavy (non-hydrogen) atoms. The zero-order valence-electron chi connectivity index (χ0n) is 14.5. The van der Waals surface area contributed by atoms with Crippen LogP contribution in [0, 0.1) is 24.0 Å². The van der Waals surface area contributed by atoms with Crippen molar-refractivity contribution in [1.82, 2.24) is 14.7 Å². The van der Waals surface area contributed by atoms with Crippen LogP contribution in [0.5, 0.6) is 0 Å². The van der Waals surface area contributed by atoms with Gasteiger partial charge in [0.25, 0.3) is 11.6 Å². The predicted octanol–water partition coefficient (Wildman–Crippen LogP) is 2.70. The van der Waals surface area contributed by atoms with Crippen LogP contribution >= 0.6 is 0 Å². The third-order valence-corrected chi connectivity index (χ3v) is 3.97. The van der Waals surface area contributed by atoms with Crippen molar-refractivity contribution in [2.24, 2.45) is 0 Å². The first-order valence-corrected chi connectivity index (χ1v) is 8.17. The fraction of sp³-hybridized carbons (Fsp3) is 0.222. The van der Waals surface area contributed by atoms with Gasteiger partial charge in [0.1, 0.15) is 11.3 Å².